The molecule has 4 nitrogen and oxygen atoms in total. The average Bonchev–Trinajstić information content (AvgIpc) is 2.45. The first-order chi connectivity index (χ1) is 9.56. The highest BCUT2D eigenvalue weighted by Crippen LogP contribution is 2.24. The zero-order valence-corrected chi connectivity index (χ0v) is 12.8. The van der Waals surface area contributed by atoms with E-state index in [2.05, 4.69) is 24.1 Å². The van der Waals surface area contributed by atoms with Crippen molar-refractivity contribution >= 4 is 5.91 Å². The third-order valence-corrected chi connectivity index (χ3v) is 3.96. The van der Waals surface area contributed by atoms with E-state index in [1.807, 2.05) is 6.07 Å². The number of likely N-dealkylation sites (tertiary alicyclic amines) is 1. The molecule has 1 saturated heterocycles. The van der Waals surface area contributed by atoms with Crippen LogP contribution in [0.3, 0.4) is 0 Å². The van der Waals surface area contributed by atoms with Crippen LogP contribution in [0.15, 0.2) is 18.2 Å². The minimum Gasteiger partial charge on any atom is -0.349 e. The van der Waals surface area contributed by atoms with Gasteiger partial charge in [0.1, 0.15) is 0 Å². The molecule has 0 saturated carbocycles. The number of pyridine rings is 1. The van der Waals surface area contributed by atoms with Gasteiger partial charge in [-0.15, -0.1) is 0 Å². The van der Waals surface area contributed by atoms with E-state index in [1.54, 1.807) is 19.0 Å². The van der Waals surface area contributed by atoms with E-state index >= 15 is 0 Å². The molecule has 1 aromatic rings. The molecule has 2 rings (SSSR count). The number of likely N-dealkylation sites (N-methyl/N-ethyl adjacent to an activating group) is 1. The van der Waals surface area contributed by atoms with E-state index in [0.717, 1.165) is 18.7 Å². The first kappa shape index (κ1) is 15.0. The number of carbonyl (C=O) groups is 1. The van der Waals surface area contributed by atoms with Crippen molar-refractivity contribution in [3.8, 4) is 0 Å². The highest BCUT2D eigenvalue weighted by molar-refractivity contribution is 5.75. The van der Waals surface area contributed by atoms with E-state index in [0.29, 0.717) is 12.3 Å². The lowest BCUT2D eigenvalue weighted by atomic mass is 9.94. The number of rotatable bonds is 4. The lowest BCUT2D eigenvalue weighted by molar-refractivity contribution is -0.128. The van der Waals surface area contributed by atoms with Crippen molar-refractivity contribution in [1.29, 1.82) is 0 Å². The Morgan fingerprint density at radius 3 is 2.95 bits per heavy atom. The molecule has 0 N–H and O–H groups in total. The maximum atomic E-state index is 11.6. The van der Waals surface area contributed by atoms with Gasteiger partial charge in [0.2, 0.25) is 5.91 Å². The Morgan fingerprint density at radius 1 is 1.45 bits per heavy atom. The largest absolute Gasteiger partial charge is 0.349 e. The van der Waals surface area contributed by atoms with Crippen LogP contribution in [-0.2, 0) is 11.2 Å². The van der Waals surface area contributed by atoms with Crippen LogP contribution in [0.25, 0.3) is 0 Å². The number of hydrogen-bond donors (Lipinski definition) is 0. The van der Waals surface area contributed by atoms with E-state index in [1.165, 1.54) is 25.1 Å². The molecule has 1 aliphatic rings. The van der Waals surface area contributed by atoms with Gasteiger partial charge in [-0.2, -0.15) is 0 Å². The topological polar surface area (TPSA) is 36.4 Å². The van der Waals surface area contributed by atoms with Crippen LogP contribution in [0.5, 0.6) is 0 Å². The molecule has 1 amide bonds. The Kier molecular flexibility index (Phi) is 5.12. The van der Waals surface area contributed by atoms with Gasteiger partial charge < -0.3 is 9.80 Å². The highest BCUT2D eigenvalue weighted by Gasteiger charge is 2.20. The molecule has 1 aliphatic heterocycles. The lowest BCUT2D eigenvalue weighted by Crippen LogP contribution is -2.31. The average molecular weight is 275 g/mol. The standard InChI is InChI=1S/C16H25N3O/c1-18(2)16(20)10-9-14-7-4-8-15(17-14)13-6-5-11-19(3)12-13/h4,7-8,13H,5-6,9-12H2,1-3H3/t13-/m0/s1. The van der Waals surface area contributed by atoms with Crippen LogP contribution in [0, 0.1) is 0 Å². The predicted molar refractivity (Wildman–Crippen MR) is 80.7 cm³/mol. The number of carbonyl (C=O) groups excluding carboxylic acids is 1. The number of hydrogen-bond acceptors (Lipinski definition) is 3. The van der Waals surface area contributed by atoms with Crippen LogP contribution < -0.4 is 0 Å². The monoisotopic (exact) mass is 275 g/mol. The summed E-state index contributed by atoms with van der Waals surface area (Å²) in [5, 5.41) is 0. The molecule has 0 radical (unpaired) electrons. The Balaban J connectivity index is 1.98. The Morgan fingerprint density at radius 2 is 2.25 bits per heavy atom. The molecule has 4 heteroatoms. The van der Waals surface area contributed by atoms with Crippen LogP contribution in [0.4, 0.5) is 0 Å². The lowest BCUT2D eigenvalue weighted by Gasteiger charge is -2.29. The summed E-state index contributed by atoms with van der Waals surface area (Å²) in [7, 11) is 5.76. The Hall–Kier alpha value is -1.42. The van der Waals surface area contributed by atoms with Crippen molar-refractivity contribution < 1.29 is 4.79 Å². The molecule has 0 spiro atoms. The van der Waals surface area contributed by atoms with Crippen molar-refractivity contribution in [1.82, 2.24) is 14.8 Å². The normalized spacial score (nSPS) is 19.9. The number of aromatic nitrogens is 1. The quantitative estimate of drug-likeness (QED) is 0.842. The van der Waals surface area contributed by atoms with Gasteiger partial charge in [-0.25, -0.2) is 0 Å². The van der Waals surface area contributed by atoms with Gasteiger partial charge in [0.25, 0.3) is 0 Å². The van der Waals surface area contributed by atoms with E-state index < -0.39 is 0 Å². The molecule has 0 unspecified atom stereocenters. The number of aryl methyl sites for hydroxylation is 1. The molecule has 1 atom stereocenters. The first-order valence-corrected chi connectivity index (χ1v) is 7.41. The summed E-state index contributed by atoms with van der Waals surface area (Å²) in [6, 6.07) is 6.23. The maximum Gasteiger partial charge on any atom is 0.222 e. The third-order valence-electron chi connectivity index (χ3n) is 3.96. The second kappa shape index (κ2) is 6.84. The molecular weight excluding hydrogens is 250 g/mol. The van der Waals surface area contributed by atoms with E-state index in [4.69, 9.17) is 4.98 Å². The summed E-state index contributed by atoms with van der Waals surface area (Å²) >= 11 is 0. The molecule has 2 heterocycles. The summed E-state index contributed by atoms with van der Waals surface area (Å²) in [5.41, 5.74) is 2.22. The van der Waals surface area contributed by atoms with Crippen LogP contribution >= 0.6 is 0 Å². The van der Waals surface area contributed by atoms with E-state index in [-0.39, 0.29) is 5.91 Å². The van der Waals surface area contributed by atoms with Crippen LogP contribution in [0.1, 0.15) is 36.6 Å². The first-order valence-electron chi connectivity index (χ1n) is 7.41. The fourth-order valence-electron chi connectivity index (χ4n) is 2.73. The van der Waals surface area contributed by atoms with E-state index in [9.17, 15) is 4.79 Å². The molecule has 0 bridgehead atoms. The van der Waals surface area contributed by atoms with Gasteiger partial charge in [-0.1, -0.05) is 6.07 Å². The van der Waals surface area contributed by atoms with Crippen molar-refractivity contribution in [3.05, 3.63) is 29.6 Å². The second-order valence-corrected chi connectivity index (χ2v) is 5.94. The fourth-order valence-corrected chi connectivity index (χ4v) is 2.73. The third kappa shape index (κ3) is 4.04. The van der Waals surface area contributed by atoms with Crippen molar-refractivity contribution in [2.45, 2.75) is 31.6 Å². The summed E-state index contributed by atoms with van der Waals surface area (Å²) in [5.74, 6) is 0.702. The SMILES string of the molecule is CN1CCC[C@H](c2cccc(CCC(=O)N(C)C)n2)C1. The van der Waals surface area contributed by atoms with Crippen molar-refractivity contribution in [2.24, 2.45) is 0 Å². The minimum absolute atomic E-state index is 0.162. The van der Waals surface area contributed by atoms with Crippen LogP contribution in [0.2, 0.25) is 0 Å². The molecular formula is C16H25N3O. The van der Waals surface area contributed by atoms with Gasteiger partial charge in [0, 0.05) is 44.4 Å². The molecule has 1 aromatic heterocycles. The maximum absolute atomic E-state index is 11.6. The van der Waals surface area contributed by atoms with Gasteiger partial charge >= 0.3 is 0 Å². The summed E-state index contributed by atoms with van der Waals surface area (Å²) < 4.78 is 0. The molecule has 0 aromatic carbocycles. The number of amides is 1. The number of nitrogens with zero attached hydrogens (tertiary/aromatic N) is 3. The zero-order chi connectivity index (χ0) is 14.5. The van der Waals surface area contributed by atoms with Crippen molar-refractivity contribution in [2.75, 3.05) is 34.2 Å². The fraction of sp³-hybridized carbons (Fsp3) is 0.625. The van der Waals surface area contributed by atoms with Gasteiger partial charge in [0.05, 0.1) is 0 Å². The zero-order valence-electron chi connectivity index (χ0n) is 12.8. The smallest absolute Gasteiger partial charge is 0.222 e. The second-order valence-electron chi connectivity index (χ2n) is 5.94. The van der Waals surface area contributed by atoms with Gasteiger partial charge in [-0.3, -0.25) is 9.78 Å². The molecule has 110 valence electrons. The Bertz CT molecular complexity index is 459. The Labute approximate surface area is 121 Å². The molecule has 1 fully saturated rings. The van der Waals surface area contributed by atoms with Gasteiger partial charge in [-0.05, 0) is 45.0 Å². The summed E-state index contributed by atoms with van der Waals surface area (Å²) in [6.07, 6.45) is 3.73. The summed E-state index contributed by atoms with van der Waals surface area (Å²) in [6.45, 7) is 2.28. The van der Waals surface area contributed by atoms with Crippen LogP contribution in [-0.4, -0.2) is 54.9 Å². The minimum atomic E-state index is 0.162. The summed E-state index contributed by atoms with van der Waals surface area (Å²) in [4.78, 5) is 20.4. The predicted octanol–water partition coefficient (Wildman–Crippen LogP) is 1.91. The highest BCUT2D eigenvalue weighted by atomic mass is 16.2. The van der Waals surface area contributed by atoms with Gasteiger partial charge in [0.15, 0.2) is 0 Å². The number of piperidine rings is 1. The molecule has 20 heavy (non-hydrogen) atoms. The molecule has 0 aliphatic carbocycles. The van der Waals surface area contributed by atoms with Crippen molar-refractivity contribution in [3.63, 3.8) is 0 Å².